The minimum Gasteiger partial charge on any atom is -0.494 e. The van der Waals surface area contributed by atoms with Crippen molar-refractivity contribution in [2.75, 3.05) is 39.6 Å². The molecule has 442 valence electrons. The Bertz CT molecular complexity index is 3070. The first-order valence-corrected chi connectivity index (χ1v) is 31.0. The maximum atomic E-state index is 9.02. The van der Waals surface area contributed by atoms with E-state index >= 15 is 0 Å². The largest absolute Gasteiger partial charge is 0.494 e. The molecule has 0 atom stereocenters. The number of hydrogen-bond acceptors (Lipinski definition) is 10. The number of benzene rings is 8. The quantitative estimate of drug-likeness (QED) is 0.0275. The minimum absolute atomic E-state index is 0.668. The van der Waals surface area contributed by atoms with Crippen LogP contribution in [0.3, 0.4) is 0 Å². The molecule has 0 unspecified atom stereocenters. The molecule has 0 saturated carbocycles. The van der Waals surface area contributed by atoms with Gasteiger partial charge in [-0.1, -0.05) is 126 Å². The monoisotopic (exact) mass is 1150 g/mol. The Kier molecular flexibility index (Phi) is 27.2. The van der Waals surface area contributed by atoms with Crippen LogP contribution in [0.5, 0.6) is 34.5 Å². The average molecular weight is 1150 g/mol. The molecule has 10 heteroatoms. The van der Waals surface area contributed by atoms with Crippen LogP contribution in [-0.2, 0) is 0 Å². The normalized spacial score (nSPS) is 11.1. The highest BCUT2D eigenvalue weighted by molar-refractivity contribution is 5.83. The SMILES string of the molecule is N#Cc1ccc(-c2ccc(OCCCCCCCCOc3ccc(C=Nc4ccc(OCCCCCCCCOc5ccc(N=Cc6ccc(OCCCCCCCCOc7ccc(-c8ccc(C#N)cc8)cc7)cc6)cc5)cc4)cc3)cc2)cc1. The lowest BCUT2D eigenvalue weighted by Gasteiger charge is -2.08. The van der Waals surface area contributed by atoms with Crippen LogP contribution >= 0.6 is 0 Å². The van der Waals surface area contributed by atoms with Crippen molar-refractivity contribution in [2.45, 2.75) is 116 Å². The zero-order valence-electron chi connectivity index (χ0n) is 49.8. The van der Waals surface area contributed by atoms with Crippen molar-refractivity contribution in [3.8, 4) is 68.9 Å². The van der Waals surface area contributed by atoms with Gasteiger partial charge >= 0.3 is 0 Å². The standard InChI is InChI=1S/C76H82N4O6/c77-57-61-19-27-65(28-20-61)67-31-43-73(44-32-67)83-53-15-9-3-1-7-13-51-81-71-39-23-63(24-40-71)59-79-69-35-47-75(48-36-69)85-55-17-11-5-6-12-18-56-86-76-49-37-70(38-50-76)80-60-64-25-41-72(42-26-64)82-52-14-8-2-4-10-16-54-84-74-45-33-68(34-46-74)66-29-21-62(58-78)22-30-66/h19-50,59-60H,1-18,51-56H2. The van der Waals surface area contributed by atoms with Gasteiger partial charge in [0.15, 0.2) is 0 Å². The molecule has 0 saturated heterocycles. The number of rotatable bonds is 39. The fraction of sp³-hybridized carbons (Fsp3) is 0.316. The van der Waals surface area contributed by atoms with Crippen LogP contribution in [0.15, 0.2) is 204 Å². The molecule has 10 nitrogen and oxygen atoms in total. The maximum Gasteiger partial charge on any atom is 0.119 e. The van der Waals surface area contributed by atoms with Crippen molar-refractivity contribution in [3.63, 3.8) is 0 Å². The van der Waals surface area contributed by atoms with Crippen LogP contribution in [0.25, 0.3) is 22.3 Å². The average Bonchev–Trinajstić information content (AvgIpc) is 3.68. The Morgan fingerprint density at radius 1 is 0.244 bits per heavy atom. The highest BCUT2D eigenvalue weighted by Crippen LogP contribution is 2.26. The Morgan fingerprint density at radius 2 is 0.442 bits per heavy atom. The summed E-state index contributed by atoms with van der Waals surface area (Å²) in [6.45, 7) is 4.31. The van der Waals surface area contributed by atoms with E-state index in [9.17, 15) is 0 Å². The fourth-order valence-corrected chi connectivity index (χ4v) is 9.69. The Balaban J connectivity index is 0.564. The summed E-state index contributed by atoms with van der Waals surface area (Å²) in [6.07, 6.45) is 24.1. The Morgan fingerprint density at radius 3 is 0.674 bits per heavy atom. The van der Waals surface area contributed by atoms with Gasteiger partial charge in [0, 0.05) is 12.4 Å². The second-order valence-corrected chi connectivity index (χ2v) is 21.5. The van der Waals surface area contributed by atoms with E-state index < -0.39 is 0 Å². The molecule has 0 aliphatic carbocycles. The number of hydrogen-bond donors (Lipinski definition) is 0. The van der Waals surface area contributed by atoms with Crippen molar-refractivity contribution in [3.05, 3.63) is 216 Å². The number of ether oxygens (including phenoxy) is 6. The number of aliphatic imine (C=N–C) groups is 2. The van der Waals surface area contributed by atoms with Crippen molar-refractivity contribution in [1.29, 1.82) is 10.5 Å². The molecule has 0 bridgehead atoms. The summed E-state index contributed by atoms with van der Waals surface area (Å²) < 4.78 is 36.0. The fourth-order valence-electron chi connectivity index (χ4n) is 9.69. The third-order valence-corrected chi connectivity index (χ3v) is 14.8. The molecule has 8 aromatic rings. The van der Waals surface area contributed by atoms with E-state index in [4.69, 9.17) is 38.9 Å². The van der Waals surface area contributed by atoms with Gasteiger partial charge in [-0.2, -0.15) is 10.5 Å². The Hall–Kier alpha value is -9.12. The second-order valence-electron chi connectivity index (χ2n) is 21.5. The zero-order chi connectivity index (χ0) is 59.3. The lowest BCUT2D eigenvalue weighted by atomic mass is 10.0. The minimum atomic E-state index is 0.668. The van der Waals surface area contributed by atoms with Gasteiger partial charge in [0.05, 0.1) is 74.3 Å². The van der Waals surface area contributed by atoms with Crippen LogP contribution in [-0.4, -0.2) is 52.1 Å². The molecule has 0 N–H and O–H groups in total. The molecule has 0 aliphatic rings. The molecular weight excluding hydrogens is 1060 g/mol. The summed E-state index contributed by atoms with van der Waals surface area (Å²) in [5.74, 6) is 5.29. The number of nitriles is 2. The van der Waals surface area contributed by atoms with E-state index in [1.165, 1.54) is 38.5 Å². The van der Waals surface area contributed by atoms with E-state index in [1.807, 2.05) is 182 Å². The van der Waals surface area contributed by atoms with Crippen LogP contribution in [0.1, 0.15) is 138 Å². The summed E-state index contributed by atoms with van der Waals surface area (Å²) in [5.41, 5.74) is 9.58. The Labute approximate surface area is 510 Å². The maximum absolute atomic E-state index is 9.02. The van der Waals surface area contributed by atoms with E-state index in [1.54, 1.807) is 0 Å². The van der Waals surface area contributed by atoms with Gasteiger partial charge in [0.1, 0.15) is 34.5 Å². The topological polar surface area (TPSA) is 128 Å². The predicted molar refractivity (Wildman–Crippen MR) is 350 cm³/mol. The predicted octanol–water partition coefficient (Wildman–Crippen LogP) is 19.7. The highest BCUT2D eigenvalue weighted by atomic mass is 16.5. The van der Waals surface area contributed by atoms with Gasteiger partial charge in [0.2, 0.25) is 0 Å². The van der Waals surface area contributed by atoms with Crippen molar-refractivity contribution < 1.29 is 28.4 Å². The molecule has 8 aromatic carbocycles. The smallest absolute Gasteiger partial charge is 0.119 e. The molecule has 0 spiro atoms. The van der Waals surface area contributed by atoms with Gasteiger partial charge in [-0.3, -0.25) is 9.98 Å². The molecule has 0 aromatic heterocycles. The van der Waals surface area contributed by atoms with Crippen LogP contribution in [0, 0.1) is 22.7 Å². The summed E-state index contributed by atoms with van der Waals surface area (Å²) in [4.78, 5) is 9.32. The van der Waals surface area contributed by atoms with Crippen molar-refractivity contribution in [2.24, 2.45) is 9.98 Å². The van der Waals surface area contributed by atoms with Gasteiger partial charge in [-0.15, -0.1) is 0 Å². The van der Waals surface area contributed by atoms with Gasteiger partial charge < -0.3 is 28.4 Å². The van der Waals surface area contributed by atoms with Crippen molar-refractivity contribution >= 4 is 23.8 Å². The first kappa shape index (κ1) is 62.9. The third-order valence-electron chi connectivity index (χ3n) is 14.8. The number of unbranched alkanes of at least 4 members (excludes halogenated alkanes) is 15. The van der Waals surface area contributed by atoms with E-state index in [0.717, 1.165) is 183 Å². The molecule has 0 amide bonds. The molecular formula is C76H82N4O6. The number of nitrogens with zero attached hydrogens (tertiary/aromatic N) is 4. The zero-order valence-corrected chi connectivity index (χ0v) is 49.8. The summed E-state index contributed by atoms with van der Waals surface area (Å²) in [6, 6.07) is 68.1. The van der Waals surface area contributed by atoms with E-state index in [2.05, 4.69) is 46.4 Å². The van der Waals surface area contributed by atoms with Gasteiger partial charge in [0.25, 0.3) is 0 Å². The molecule has 0 fully saturated rings. The molecule has 86 heavy (non-hydrogen) atoms. The summed E-state index contributed by atoms with van der Waals surface area (Å²) in [7, 11) is 0. The van der Waals surface area contributed by atoms with Crippen LogP contribution < -0.4 is 28.4 Å². The summed E-state index contributed by atoms with van der Waals surface area (Å²) >= 11 is 0. The first-order valence-electron chi connectivity index (χ1n) is 31.0. The van der Waals surface area contributed by atoms with Crippen LogP contribution in [0.2, 0.25) is 0 Å². The van der Waals surface area contributed by atoms with Gasteiger partial charge in [-0.05, 0) is 217 Å². The van der Waals surface area contributed by atoms with Gasteiger partial charge in [-0.25, -0.2) is 0 Å². The molecule has 8 rings (SSSR count). The molecule has 0 aliphatic heterocycles. The van der Waals surface area contributed by atoms with E-state index in [-0.39, 0.29) is 0 Å². The first-order chi connectivity index (χ1) is 42.5. The highest BCUT2D eigenvalue weighted by Gasteiger charge is 2.05. The molecule has 0 radical (unpaired) electrons. The van der Waals surface area contributed by atoms with E-state index in [0.29, 0.717) is 24.3 Å². The summed E-state index contributed by atoms with van der Waals surface area (Å²) in [5, 5.41) is 18.0. The third kappa shape index (κ3) is 23.5. The van der Waals surface area contributed by atoms with Crippen molar-refractivity contribution in [1.82, 2.24) is 0 Å². The molecule has 0 heterocycles. The lowest BCUT2D eigenvalue weighted by Crippen LogP contribution is -1.98. The second kappa shape index (κ2) is 37.2. The lowest BCUT2D eigenvalue weighted by molar-refractivity contribution is 0.297. The van der Waals surface area contributed by atoms with Crippen LogP contribution in [0.4, 0.5) is 11.4 Å².